The van der Waals surface area contributed by atoms with Crippen LogP contribution in [0, 0.1) is 0 Å². The minimum absolute atomic E-state index is 0.0562. The molecule has 0 amide bonds. The molecule has 100 valence electrons. The normalized spacial score (nSPS) is 10.8. The topological polar surface area (TPSA) is 47.8 Å². The van der Waals surface area contributed by atoms with Crippen molar-refractivity contribution in [3.63, 3.8) is 0 Å². The van der Waals surface area contributed by atoms with E-state index in [1.165, 1.54) is 6.07 Å². The molecular weight excluding hydrogens is 254 g/mol. The molecule has 0 aliphatic heterocycles. The molecule has 0 saturated carbocycles. The largest absolute Gasteiger partial charge is 0.462 e. The van der Waals surface area contributed by atoms with Crippen LogP contribution in [0.2, 0.25) is 0 Å². The molecule has 4 nitrogen and oxygen atoms in total. The van der Waals surface area contributed by atoms with Gasteiger partial charge in [0.1, 0.15) is 5.56 Å². The van der Waals surface area contributed by atoms with E-state index < -0.39 is 5.97 Å². The predicted molar refractivity (Wildman–Crippen MR) is 77.1 cm³/mol. The second-order valence-corrected chi connectivity index (χ2v) is 4.43. The molecule has 0 radical (unpaired) electrons. The summed E-state index contributed by atoms with van der Waals surface area (Å²) < 4.78 is 6.46. The van der Waals surface area contributed by atoms with Crippen LogP contribution in [0.1, 0.15) is 17.3 Å². The number of carbonyl (C=O) groups is 1. The van der Waals surface area contributed by atoms with Crippen LogP contribution in [0.15, 0.2) is 53.3 Å². The average Bonchev–Trinajstić information content (AvgIpc) is 2.47. The zero-order chi connectivity index (χ0) is 14.1. The van der Waals surface area contributed by atoms with Crippen molar-refractivity contribution in [1.82, 2.24) is 4.40 Å². The number of carbonyl (C=O) groups excluding carboxylic acids is 1. The first-order chi connectivity index (χ1) is 9.72. The monoisotopic (exact) mass is 267 g/mol. The molecule has 0 bridgehead atoms. The van der Waals surface area contributed by atoms with Crippen LogP contribution in [0.3, 0.4) is 0 Å². The standard InChI is InChI=1S/C16H13NO3/c1-2-20-16(19)13-10-9-12-8-7-11-5-3-4-6-14(11)17(12)15(13)18/h3-10H,2H2,1H3. The highest BCUT2D eigenvalue weighted by Crippen LogP contribution is 2.15. The van der Waals surface area contributed by atoms with Crippen LogP contribution in [0.5, 0.6) is 0 Å². The van der Waals surface area contributed by atoms with Crippen molar-refractivity contribution in [3.05, 3.63) is 64.4 Å². The summed E-state index contributed by atoms with van der Waals surface area (Å²) in [5.41, 5.74) is 1.24. The Kier molecular flexibility index (Phi) is 2.99. The van der Waals surface area contributed by atoms with E-state index in [2.05, 4.69) is 0 Å². The Balaban J connectivity index is 2.38. The molecule has 0 unspecified atom stereocenters. The molecule has 0 spiro atoms. The average molecular weight is 267 g/mol. The van der Waals surface area contributed by atoms with E-state index >= 15 is 0 Å². The van der Waals surface area contributed by atoms with Crippen LogP contribution in [-0.2, 0) is 4.74 Å². The van der Waals surface area contributed by atoms with Gasteiger partial charge < -0.3 is 4.74 Å². The number of hydrogen-bond donors (Lipinski definition) is 0. The fourth-order valence-corrected chi connectivity index (χ4v) is 2.30. The van der Waals surface area contributed by atoms with E-state index in [0.29, 0.717) is 0 Å². The van der Waals surface area contributed by atoms with Gasteiger partial charge in [0.25, 0.3) is 5.56 Å². The van der Waals surface area contributed by atoms with Crippen molar-refractivity contribution in [1.29, 1.82) is 0 Å². The molecule has 1 aromatic carbocycles. The summed E-state index contributed by atoms with van der Waals surface area (Å²) in [5, 5.41) is 0.947. The highest BCUT2D eigenvalue weighted by atomic mass is 16.5. The number of para-hydroxylation sites is 1. The van der Waals surface area contributed by atoms with Gasteiger partial charge in [0.2, 0.25) is 0 Å². The van der Waals surface area contributed by atoms with E-state index in [1.54, 1.807) is 17.4 Å². The molecular formula is C16H13NO3. The maximum Gasteiger partial charge on any atom is 0.343 e. The van der Waals surface area contributed by atoms with Gasteiger partial charge in [-0.1, -0.05) is 24.3 Å². The van der Waals surface area contributed by atoms with Gasteiger partial charge in [-0.15, -0.1) is 0 Å². The quantitative estimate of drug-likeness (QED) is 0.529. The molecule has 0 atom stereocenters. The van der Waals surface area contributed by atoms with E-state index in [0.717, 1.165) is 16.4 Å². The Morgan fingerprint density at radius 3 is 2.65 bits per heavy atom. The number of benzene rings is 1. The second kappa shape index (κ2) is 4.81. The van der Waals surface area contributed by atoms with E-state index in [-0.39, 0.29) is 17.7 Å². The first-order valence-electron chi connectivity index (χ1n) is 6.43. The molecule has 4 heteroatoms. The highest BCUT2D eigenvalue weighted by molar-refractivity contribution is 5.90. The zero-order valence-corrected chi connectivity index (χ0v) is 11.0. The number of ether oxygens (including phenoxy) is 1. The molecule has 3 rings (SSSR count). The van der Waals surface area contributed by atoms with Crippen molar-refractivity contribution in [2.75, 3.05) is 6.61 Å². The Bertz CT molecular complexity index is 864. The van der Waals surface area contributed by atoms with Gasteiger partial charge in [-0.2, -0.15) is 0 Å². The first kappa shape index (κ1) is 12.4. The van der Waals surface area contributed by atoms with Crippen molar-refractivity contribution >= 4 is 22.4 Å². The third-order valence-electron chi connectivity index (χ3n) is 3.22. The number of hydrogen-bond acceptors (Lipinski definition) is 3. The lowest BCUT2D eigenvalue weighted by molar-refractivity contribution is 0.0524. The van der Waals surface area contributed by atoms with Gasteiger partial charge in [-0.25, -0.2) is 4.79 Å². The van der Waals surface area contributed by atoms with Gasteiger partial charge >= 0.3 is 5.97 Å². The van der Waals surface area contributed by atoms with Crippen molar-refractivity contribution in [3.8, 4) is 0 Å². The number of nitrogens with zero attached hydrogens (tertiary/aromatic N) is 1. The van der Waals surface area contributed by atoms with Crippen molar-refractivity contribution < 1.29 is 9.53 Å². The van der Waals surface area contributed by atoms with Gasteiger partial charge in [-0.3, -0.25) is 9.20 Å². The summed E-state index contributed by atoms with van der Waals surface area (Å²) in [4.78, 5) is 24.3. The summed E-state index contributed by atoms with van der Waals surface area (Å²) in [5.74, 6) is -0.583. The molecule has 0 fully saturated rings. The highest BCUT2D eigenvalue weighted by Gasteiger charge is 2.14. The molecule has 2 aromatic heterocycles. The Labute approximate surface area is 115 Å². The minimum atomic E-state index is -0.583. The summed E-state index contributed by atoms with van der Waals surface area (Å²) in [6.45, 7) is 1.96. The fourth-order valence-electron chi connectivity index (χ4n) is 2.30. The Morgan fingerprint density at radius 1 is 1.10 bits per heavy atom. The number of rotatable bonds is 2. The third kappa shape index (κ3) is 1.86. The second-order valence-electron chi connectivity index (χ2n) is 4.43. The van der Waals surface area contributed by atoms with Crippen LogP contribution >= 0.6 is 0 Å². The lowest BCUT2D eigenvalue weighted by Gasteiger charge is -2.08. The van der Waals surface area contributed by atoms with E-state index in [4.69, 9.17) is 4.74 Å². The number of pyridine rings is 2. The SMILES string of the molecule is CCOC(=O)c1ccc2ccc3ccccc3n2c1=O. The van der Waals surface area contributed by atoms with Crippen LogP contribution in [0.25, 0.3) is 16.4 Å². The fraction of sp³-hybridized carbons (Fsp3) is 0.125. The number of aromatic nitrogens is 1. The Hall–Kier alpha value is -2.62. The third-order valence-corrected chi connectivity index (χ3v) is 3.22. The van der Waals surface area contributed by atoms with E-state index in [9.17, 15) is 9.59 Å². The molecule has 0 aliphatic rings. The van der Waals surface area contributed by atoms with Crippen LogP contribution < -0.4 is 5.56 Å². The zero-order valence-electron chi connectivity index (χ0n) is 11.0. The summed E-state index contributed by atoms with van der Waals surface area (Å²) >= 11 is 0. The van der Waals surface area contributed by atoms with Gasteiger partial charge in [-0.05, 0) is 36.6 Å². The molecule has 0 N–H and O–H groups in total. The lowest BCUT2D eigenvalue weighted by Crippen LogP contribution is -2.23. The maximum absolute atomic E-state index is 12.5. The maximum atomic E-state index is 12.5. The number of esters is 1. The molecule has 0 saturated heterocycles. The van der Waals surface area contributed by atoms with Gasteiger partial charge in [0.15, 0.2) is 0 Å². The van der Waals surface area contributed by atoms with E-state index in [1.807, 2.05) is 36.4 Å². The number of fused-ring (bicyclic) bond motifs is 3. The smallest absolute Gasteiger partial charge is 0.343 e. The summed E-state index contributed by atoms with van der Waals surface area (Å²) in [6.07, 6.45) is 0. The van der Waals surface area contributed by atoms with Gasteiger partial charge in [0, 0.05) is 5.52 Å². The van der Waals surface area contributed by atoms with Crippen molar-refractivity contribution in [2.24, 2.45) is 0 Å². The molecule has 2 heterocycles. The minimum Gasteiger partial charge on any atom is -0.462 e. The van der Waals surface area contributed by atoms with Crippen LogP contribution in [-0.4, -0.2) is 17.0 Å². The van der Waals surface area contributed by atoms with Crippen molar-refractivity contribution in [2.45, 2.75) is 6.92 Å². The molecule has 20 heavy (non-hydrogen) atoms. The molecule has 3 aromatic rings. The summed E-state index contributed by atoms with van der Waals surface area (Å²) in [6, 6.07) is 14.6. The van der Waals surface area contributed by atoms with Gasteiger partial charge in [0.05, 0.1) is 12.1 Å². The van der Waals surface area contributed by atoms with Crippen LogP contribution in [0.4, 0.5) is 0 Å². The molecule has 0 aliphatic carbocycles. The first-order valence-corrected chi connectivity index (χ1v) is 6.43. The Morgan fingerprint density at radius 2 is 1.85 bits per heavy atom. The lowest BCUT2D eigenvalue weighted by atomic mass is 10.1. The summed E-state index contributed by atoms with van der Waals surface area (Å²) in [7, 11) is 0. The predicted octanol–water partition coefficient (Wildman–Crippen LogP) is 2.63.